The molecule has 1 aromatic rings. The predicted molar refractivity (Wildman–Crippen MR) is 80.5 cm³/mol. The molecule has 0 aromatic heterocycles. The maximum absolute atomic E-state index is 12.9. The lowest BCUT2D eigenvalue weighted by Crippen LogP contribution is -2.44. The monoisotopic (exact) mass is 330 g/mol. The molecule has 0 saturated carbocycles. The minimum atomic E-state index is -0.248. The summed E-state index contributed by atoms with van der Waals surface area (Å²) < 4.78 is 5.21. The van der Waals surface area contributed by atoms with Gasteiger partial charge in [0.1, 0.15) is 11.3 Å². The molecule has 5 nitrogen and oxygen atoms in total. The molecule has 2 bridgehead atoms. The van der Waals surface area contributed by atoms with E-state index in [9.17, 15) is 9.90 Å². The van der Waals surface area contributed by atoms with Crippen LogP contribution in [0.4, 0.5) is 0 Å². The molecule has 2 heterocycles. The number of likely N-dealkylation sites (tertiary alicyclic amines) is 1. The van der Waals surface area contributed by atoms with Crippen LogP contribution in [0.2, 0.25) is 10.0 Å². The summed E-state index contributed by atoms with van der Waals surface area (Å²) in [6.45, 7) is 1.44. The zero-order chi connectivity index (χ0) is 15.1. The summed E-state index contributed by atoms with van der Waals surface area (Å²) in [6, 6.07) is 1.92. The van der Waals surface area contributed by atoms with Crippen LogP contribution in [0.5, 0.6) is 11.5 Å². The number of fused-ring (bicyclic) bond motifs is 2. The molecule has 21 heavy (non-hydrogen) atoms. The lowest BCUT2D eigenvalue weighted by atomic mass is 10.0. The first kappa shape index (κ1) is 14.8. The van der Waals surface area contributed by atoms with E-state index in [-0.39, 0.29) is 39.1 Å². The van der Waals surface area contributed by atoms with Gasteiger partial charge >= 0.3 is 0 Å². The molecule has 2 unspecified atom stereocenters. The second kappa shape index (κ2) is 5.55. The third kappa shape index (κ3) is 2.43. The van der Waals surface area contributed by atoms with Crippen LogP contribution in [-0.2, 0) is 0 Å². The highest BCUT2D eigenvalue weighted by Gasteiger charge is 2.38. The number of nitrogens with zero attached hydrogens (tertiary/aromatic N) is 1. The highest BCUT2D eigenvalue weighted by atomic mass is 35.5. The van der Waals surface area contributed by atoms with Crippen LogP contribution in [-0.4, -0.2) is 48.2 Å². The van der Waals surface area contributed by atoms with E-state index in [1.165, 1.54) is 13.2 Å². The number of carbonyl (C=O) groups is 1. The molecular weight excluding hydrogens is 315 g/mol. The number of carbonyl (C=O) groups excluding carboxylic acids is 1. The lowest BCUT2D eigenvalue weighted by Gasteiger charge is -2.33. The Bertz CT molecular complexity index is 594. The summed E-state index contributed by atoms with van der Waals surface area (Å²) in [4.78, 5) is 14.6. The highest BCUT2D eigenvalue weighted by molar-refractivity contribution is 6.38. The molecule has 1 aromatic carbocycles. The fourth-order valence-corrected chi connectivity index (χ4v) is 3.63. The normalized spacial score (nSPS) is 24.2. The van der Waals surface area contributed by atoms with Crippen molar-refractivity contribution < 1.29 is 14.6 Å². The summed E-state index contributed by atoms with van der Waals surface area (Å²) in [6.07, 6.45) is 1.85. The number of halogens is 2. The van der Waals surface area contributed by atoms with Gasteiger partial charge in [-0.3, -0.25) is 4.79 Å². The van der Waals surface area contributed by atoms with E-state index in [0.717, 1.165) is 19.4 Å². The summed E-state index contributed by atoms with van der Waals surface area (Å²) in [5.74, 6) is -0.260. The Morgan fingerprint density at radius 3 is 3.00 bits per heavy atom. The number of amides is 1. The molecule has 2 atom stereocenters. The van der Waals surface area contributed by atoms with Crippen LogP contribution in [0.3, 0.4) is 0 Å². The number of phenolic OH excluding ortho intramolecular Hbond substituents is 1. The maximum Gasteiger partial charge on any atom is 0.259 e. The molecule has 0 radical (unpaired) electrons. The van der Waals surface area contributed by atoms with E-state index >= 15 is 0 Å². The molecule has 2 aliphatic rings. The van der Waals surface area contributed by atoms with Crippen LogP contribution >= 0.6 is 23.2 Å². The third-order valence-corrected chi connectivity index (χ3v) is 4.85. The van der Waals surface area contributed by atoms with E-state index in [2.05, 4.69) is 5.32 Å². The molecule has 114 valence electrons. The van der Waals surface area contributed by atoms with Crippen molar-refractivity contribution >= 4 is 29.1 Å². The largest absolute Gasteiger partial charge is 0.506 e. The molecule has 0 aliphatic carbocycles. The van der Waals surface area contributed by atoms with Gasteiger partial charge < -0.3 is 20.1 Å². The van der Waals surface area contributed by atoms with E-state index in [1.54, 1.807) is 4.90 Å². The number of aromatic hydroxyl groups is 1. The van der Waals surface area contributed by atoms with Crippen LogP contribution in [0, 0.1) is 0 Å². The Hall–Kier alpha value is -1.17. The first-order chi connectivity index (χ1) is 10.0. The molecule has 7 heteroatoms. The zero-order valence-corrected chi connectivity index (χ0v) is 13.0. The number of hydrogen-bond donors (Lipinski definition) is 2. The van der Waals surface area contributed by atoms with Crippen molar-refractivity contribution in [2.75, 3.05) is 20.2 Å². The van der Waals surface area contributed by atoms with E-state index < -0.39 is 0 Å². The molecule has 1 amide bonds. The van der Waals surface area contributed by atoms with E-state index in [4.69, 9.17) is 27.9 Å². The van der Waals surface area contributed by atoms with Crippen LogP contribution in [0.15, 0.2) is 6.07 Å². The third-order valence-electron chi connectivity index (χ3n) is 4.19. The van der Waals surface area contributed by atoms with Gasteiger partial charge in [0.05, 0.1) is 17.2 Å². The van der Waals surface area contributed by atoms with Crippen molar-refractivity contribution in [3.05, 3.63) is 21.7 Å². The van der Waals surface area contributed by atoms with Gasteiger partial charge in [0.15, 0.2) is 5.75 Å². The van der Waals surface area contributed by atoms with Gasteiger partial charge in [-0.15, -0.1) is 0 Å². The van der Waals surface area contributed by atoms with Gasteiger partial charge in [-0.2, -0.15) is 0 Å². The average Bonchev–Trinajstić information content (AvgIpc) is 2.83. The topological polar surface area (TPSA) is 61.8 Å². The van der Waals surface area contributed by atoms with Crippen molar-refractivity contribution in [3.63, 3.8) is 0 Å². The average molecular weight is 331 g/mol. The summed E-state index contributed by atoms with van der Waals surface area (Å²) in [7, 11) is 1.43. The van der Waals surface area contributed by atoms with Crippen LogP contribution in [0.25, 0.3) is 0 Å². The Kier molecular flexibility index (Phi) is 3.90. The van der Waals surface area contributed by atoms with Crippen molar-refractivity contribution in [2.45, 2.75) is 24.9 Å². The Morgan fingerprint density at radius 1 is 1.52 bits per heavy atom. The number of ether oxygens (including phenoxy) is 1. The minimum absolute atomic E-state index is 0.0191. The quantitative estimate of drug-likeness (QED) is 0.873. The van der Waals surface area contributed by atoms with E-state index in [0.29, 0.717) is 12.6 Å². The van der Waals surface area contributed by atoms with Crippen molar-refractivity contribution in [1.82, 2.24) is 10.2 Å². The maximum atomic E-state index is 12.9. The Labute approximate surface area is 132 Å². The predicted octanol–water partition coefficient (Wildman–Crippen LogP) is 2.28. The van der Waals surface area contributed by atoms with Crippen molar-refractivity contribution in [3.8, 4) is 11.5 Å². The number of nitrogens with one attached hydrogen (secondary N) is 1. The second-order valence-electron chi connectivity index (χ2n) is 5.38. The van der Waals surface area contributed by atoms with Gasteiger partial charge in [-0.1, -0.05) is 23.2 Å². The number of rotatable bonds is 2. The van der Waals surface area contributed by atoms with Gasteiger partial charge in [0.25, 0.3) is 5.91 Å². The molecule has 0 spiro atoms. The standard InChI is InChI=1S/C14H16Cl2N2O3/c1-21-13-9(15)5-10(19)12(16)11(13)14(20)18-3-2-7-4-8(18)6-17-7/h5,7-8,17,19H,2-4,6H2,1H3. The second-order valence-corrected chi connectivity index (χ2v) is 6.17. The van der Waals surface area contributed by atoms with Gasteiger partial charge in [0.2, 0.25) is 0 Å². The fraction of sp³-hybridized carbons (Fsp3) is 0.500. The summed E-state index contributed by atoms with van der Waals surface area (Å²) in [5, 5.41) is 13.4. The zero-order valence-electron chi connectivity index (χ0n) is 11.5. The molecule has 2 aliphatic heterocycles. The van der Waals surface area contributed by atoms with Crippen LogP contribution < -0.4 is 10.1 Å². The molecular formula is C14H16Cl2N2O3. The highest BCUT2D eigenvalue weighted by Crippen LogP contribution is 2.41. The molecule has 2 saturated heterocycles. The van der Waals surface area contributed by atoms with Crippen LogP contribution in [0.1, 0.15) is 23.2 Å². The van der Waals surface area contributed by atoms with Crippen molar-refractivity contribution in [2.24, 2.45) is 0 Å². The Morgan fingerprint density at radius 2 is 2.29 bits per heavy atom. The molecule has 3 rings (SSSR count). The summed E-state index contributed by atoms with van der Waals surface area (Å²) in [5.41, 5.74) is 0.134. The molecule has 2 fully saturated rings. The van der Waals surface area contributed by atoms with Gasteiger partial charge in [-0.25, -0.2) is 0 Å². The van der Waals surface area contributed by atoms with E-state index in [1.807, 2.05) is 0 Å². The van der Waals surface area contributed by atoms with Crippen molar-refractivity contribution in [1.29, 1.82) is 0 Å². The number of methoxy groups -OCH3 is 1. The summed E-state index contributed by atoms with van der Waals surface area (Å²) >= 11 is 12.2. The first-order valence-corrected chi connectivity index (χ1v) is 7.57. The number of hydrogen-bond acceptors (Lipinski definition) is 4. The molecule has 2 N–H and O–H groups in total. The Balaban J connectivity index is 2.01. The lowest BCUT2D eigenvalue weighted by molar-refractivity contribution is 0.0654. The van der Waals surface area contributed by atoms with Gasteiger partial charge in [0, 0.05) is 31.2 Å². The number of phenols is 1. The minimum Gasteiger partial charge on any atom is -0.506 e. The smallest absolute Gasteiger partial charge is 0.259 e. The fourth-order valence-electron chi connectivity index (χ4n) is 3.13. The van der Waals surface area contributed by atoms with Gasteiger partial charge in [-0.05, 0) is 12.8 Å². The first-order valence-electron chi connectivity index (χ1n) is 6.82. The number of piperidine rings is 1. The SMILES string of the molecule is COc1c(Cl)cc(O)c(Cl)c1C(=O)N1CCC2CC1CN2. The number of benzene rings is 1.